The molecule has 0 atom stereocenters. The summed E-state index contributed by atoms with van der Waals surface area (Å²) in [4.78, 5) is 0. The standard InChI is InChI=1S/C28H58O.Zr/c1-3-5-7-9-11-13-15-17-19-21-23-25-27-29-28-26-24-22-20-18-16-14-12-10-8-6-4-2;/h3-28H2,1-2H3;. The molecule has 0 unspecified atom stereocenters. The Bertz CT molecular complexity index is 243. The largest absolute Gasteiger partial charge is 0.381 e. The van der Waals surface area contributed by atoms with E-state index in [1.54, 1.807) is 0 Å². The summed E-state index contributed by atoms with van der Waals surface area (Å²) in [7, 11) is 0. The Kier molecular flexibility index (Phi) is 35.2. The number of rotatable bonds is 26. The maximum Gasteiger partial charge on any atom is 0.0466 e. The second kappa shape index (κ2) is 32.0. The molecule has 0 amide bonds. The van der Waals surface area contributed by atoms with Crippen molar-refractivity contribution in [2.45, 2.75) is 168 Å². The fraction of sp³-hybridized carbons (Fsp3) is 1.00. The quantitative estimate of drug-likeness (QED) is 0.107. The van der Waals surface area contributed by atoms with Gasteiger partial charge in [0.2, 0.25) is 0 Å². The summed E-state index contributed by atoms with van der Waals surface area (Å²) in [6, 6.07) is 0. The summed E-state index contributed by atoms with van der Waals surface area (Å²) in [5.41, 5.74) is 0. The molecule has 0 radical (unpaired) electrons. The molecule has 1 nitrogen and oxygen atoms in total. The molecule has 0 fully saturated rings. The molecule has 0 heterocycles. The third kappa shape index (κ3) is 31.0. The zero-order valence-electron chi connectivity index (χ0n) is 21.3. The van der Waals surface area contributed by atoms with Crippen molar-refractivity contribution in [2.24, 2.45) is 0 Å². The van der Waals surface area contributed by atoms with Gasteiger partial charge in [0.25, 0.3) is 0 Å². The van der Waals surface area contributed by atoms with Crippen molar-refractivity contribution >= 4 is 0 Å². The molecule has 0 saturated heterocycles. The van der Waals surface area contributed by atoms with Crippen LogP contribution in [0.5, 0.6) is 0 Å². The topological polar surface area (TPSA) is 9.23 Å². The Labute approximate surface area is 211 Å². The molecule has 2 heteroatoms. The summed E-state index contributed by atoms with van der Waals surface area (Å²) in [6.45, 7) is 6.58. The minimum Gasteiger partial charge on any atom is -0.381 e. The molecular weight excluding hydrogens is 444 g/mol. The Morgan fingerprint density at radius 3 is 0.733 bits per heavy atom. The van der Waals surface area contributed by atoms with Gasteiger partial charge < -0.3 is 4.74 Å². The van der Waals surface area contributed by atoms with Crippen molar-refractivity contribution in [2.75, 3.05) is 13.2 Å². The minimum atomic E-state index is 0. The van der Waals surface area contributed by atoms with Gasteiger partial charge in [0.1, 0.15) is 0 Å². The fourth-order valence-corrected chi connectivity index (χ4v) is 4.19. The van der Waals surface area contributed by atoms with Crippen molar-refractivity contribution < 1.29 is 30.9 Å². The molecule has 0 aromatic rings. The van der Waals surface area contributed by atoms with E-state index in [9.17, 15) is 0 Å². The first-order chi connectivity index (χ1) is 14.4. The third-order valence-electron chi connectivity index (χ3n) is 6.28. The Balaban J connectivity index is 0. The van der Waals surface area contributed by atoms with Crippen molar-refractivity contribution in [3.8, 4) is 0 Å². The molecule has 30 heavy (non-hydrogen) atoms. The van der Waals surface area contributed by atoms with Crippen LogP contribution in [0.4, 0.5) is 0 Å². The number of hydrogen-bond donors (Lipinski definition) is 0. The van der Waals surface area contributed by atoms with E-state index in [0.29, 0.717) is 0 Å². The van der Waals surface area contributed by atoms with Crippen molar-refractivity contribution in [3.63, 3.8) is 0 Å². The van der Waals surface area contributed by atoms with Crippen LogP contribution in [0.3, 0.4) is 0 Å². The van der Waals surface area contributed by atoms with Gasteiger partial charge in [-0.05, 0) is 12.8 Å². The zero-order valence-corrected chi connectivity index (χ0v) is 23.8. The Morgan fingerprint density at radius 2 is 0.500 bits per heavy atom. The molecule has 0 saturated carbocycles. The van der Waals surface area contributed by atoms with Crippen molar-refractivity contribution in [3.05, 3.63) is 0 Å². The van der Waals surface area contributed by atoms with Crippen LogP contribution >= 0.6 is 0 Å². The first kappa shape index (κ1) is 33.0. The Morgan fingerprint density at radius 1 is 0.300 bits per heavy atom. The number of ether oxygens (including phenoxy) is 1. The average molecular weight is 502 g/mol. The molecule has 0 aliphatic heterocycles. The fourth-order valence-electron chi connectivity index (χ4n) is 4.19. The zero-order chi connectivity index (χ0) is 21.1. The normalized spacial score (nSPS) is 11.0. The first-order valence-corrected chi connectivity index (χ1v) is 14.0. The molecule has 0 aromatic carbocycles. The van der Waals surface area contributed by atoms with Gasteiger partial charge in [-0.2, -0.15) is 0 Å². The summed E-state index contributed by atoms with van der Waals surface area (Å²) in [6.07, 6.45) is 34.1. The smallest absolute Gasteiger partial charge is 0.0466 e. The van der Waals surface area contributed by atoms with Gasteiger partial charge in [-0.15, -0.1) is 0 Å². The van der Waals surface area contributed by atoms with Crippen LogP contribution in [0.1, 0.15) is 168 Å². The van der Waals surface area contributed by atoms with Gasteiger partial charge in [0, 0.05) is 39.4 Å². The van der Waals surface area contributed by atoms with Crippen LogP contribution in [-0.4, -0.2) is 13.2 Å². The second-order valence-electron chi connectivity index (χ2n) is 9.39. The van der Waals surface area contributed by atoms with E-state index in [1.165, 1.54) is 154 Å². The van der Waals surface area contributed by atoms with E-state index in [-0.39, 0.29) is 26.2 Å². The molecule has 0 aromatic heterocycles. The van der Waals surface area contributed by atoms with Gasteiger partial charge in [-0.25, -0.2) is 0 Å². The molecule has 0 bridgehead atoms. The molecular formula is C28H58OZr. The van der Waals surface area contributed by atoms with Crippen molar-refractivity contribution in [1.82, 2.24) is 0 Å². The van der Waals surface area contributed by atoms with Crippen LogP contribution in [0.15, 0.2) is 0 Å². The van der Waals surface area contributed by atoms with E-state index in [0.717, 1.165) is 13.2 Å². The van der Waals surface area contributed by atoms with E-state index < -0.39 is 0 Å². The van der Waals surface area contributed by atoms with Crippen LogP contribution in [-0.2, 0) is 30.9 Å². The van der Waals surface area contributed by atoms with E-state index >= 15 is 0 Å². The minimum absolute atomic E-state index is 0. The van der Waals surface area contributed by atoms with Crippen LogP contribution < -0.4 is 0 Å². The molecule has 0 aliphatic rings. The monoisotopic (exact) mass is 500 g/mol. The molecule has 0 N–H and O–H groups in total. The number of hydrogen-bond acceptors (Lipinski definition) is 1. The first-order valence-electron chi connectivity index (χ1n) is 14.0. The SMILES string of the molecule is CCCCCCCCCCCCCCOCCCCCCCCCCCCCC.[Zr]. The van der Waals surface area contributed by atoms with Crippen LogP contribution in [0, 0.1) is 0 Å². The summed E-state index contributed by atoms with van der Waals surface area (Å²) < 4.78 is 5.82. The van der Waals surface area contributed by atoms with E-state index in [4.69, 9.17) is 4.74 Å². The maximum atomic E-state index is 5.82. The number of unbranched alkanes of at least 4 members (excludes halogenated alkanes) is 22. The van der Waals surface area contributed by atoms with Gasteiger partial charge in [-0.1, -0.05) is 155 Å². The van der Waals surface area contributed by atoms with E-state index in [1.807, 2.05) is 0 Å². The molecule has 0 aliphatic carbocycles. The van der Waals surface area contributed by atoms with Crippen molar-refractivity contribution in [1.29, 1.82) is 0 Å². The van der Waals surface area contributed by atoms with Gasteiger partial charge in [0.05, 0.1) is 0 Å². The molecule has 0 spiro atoms. The van der Waals surface area contributed by atoms with Gasteiger partial charge in [0.15, 0.2) is 0 Å². The predicted octanol–water partition coefficient (Wildman–Crippen LogP) is 10.4. The summed E-state index contributed by atoms with van der Waals surface area (Å²) >= 11 is 0. The van der Waals surface area contributed by atoms with Crippen LogP contribution in [0.2, 0.25) is 0 Å². The van der Waals surface area contributed by atoms with Crippen LogP contribution in [0.25, 0.3) is 0 Å². The Hall–Kier alpha value is 0.843. The summed E-state index contributed by atoms with van der Waals surface area (Å²) in [5, 5.41) is 0. The maximum absolute atomic E-state index is 5.82. The molecule has 180 valence electrons. The average Bonchev–Trinajstić information content (AvgIpc) is 2.74. The van der Waals surface area contributed by atoms with Gasteiger partial charge >= 0.3 is 0 Å². The third-order valence-corrected chi connectivity index (χ3v) is 6.28. The van der Waals surface area contributed by atoms with Gasteiger partial charge in [-0.3, -0.25) is 0 Å². The molecule has 0 rings (SSSR count). The second-order valence-corrected chi connectivity index (χ2v) is 9.39. The van der Waals surface area contributed by atoms with E-state index in [2.05, 4.69) is 13.8 Å². The summed E-state index contributed by atoms with van der Waals surface area (Å²) in [5.74, 6) is 0. The predicted molar refractivity (Wildman–Crippen MR) is 133 cm³/mol.